The molecule has 3 rings (SSSR count). The summed E-state index contributed by atoms with van der Waals surface area (Å²) in [7, 11) is 5.68. The minimum Gasteiger partial charge on any atom is -0.492 e. The van der Waals surface area contributed by atoms with Crippen LogP contribution >= 0.6 is 0 Å². The monoisotopic (exact) mass is 464 g/mol. The average molecular weight is 465 g/mol. The van der Waals surface area contributed by atoms with Gasteiger partial charge in [-0.2, -0.15) is 15.0 Å². The highest BCUT2D eigenvalue weighted by Gasteiger charge is 2.15. The molecule has 0 aliphatic heterocycles. The van der Waals surface area contributed by atoms with Gasteiger partial charge >= 0.3 is 5.97 Å². The van der Waals surface area contributed by atoms with E-state index in [4.69, 9.17) is 4.74 Å². The molecule has 0 fully saturated rings. The van der Waals surface area contributed by atoms with Crippen LogP contribution in [0.15, 0.2) is 54.6 Å². The maximum absolute atomic E-state index is 11.2. The highest BCUT2D eigenvalue weighted by atomic mass is 16.5. The van der Waals surface area contributed by atoms with Gasteiger partial charge in [0, 0.05) is 26.8 Å². The first kappa shape index (κ1) is 24.8. The normalized spacial score (nSPS) is 11.5. The molecule has 9 nitrogen and oxygen atoms in total. The summed E-state index contributed by atoms with van der Waals surface area (Å²) >= 11 is 0. The summed E-state index contributed by atoms with van der Waals surface area (Å²) in [6.07, 6.45) is 1.12. The quantitative estimate of drug-likeness (QED) is 0.414. The molecule has 3 aromatic rings. The lowest BCUT2D eigenvalue weighted by molar-refractivity contribution is -0.141. The van der Waals surface area contributed by atoms with Gasteiger partial charge in [-0.05, 0) is 42.7 Å². The van der Waals surface area contributed by atoms with Crippen molar-refractivity contribution in [1.29, 1.82) is 0 Å². The zero-order valence-electron chi connectivity index (χ0n) is 20.1. The fourth-order valence-corrected chi connectivity index (χ4v) is 3.24. The summed E-state index contributed by atoms with van der Waals surface area (Å²) in [5.41, 5.74) is 1.88. The predicted octanol–water partition coefficient (Wildman–Crippen LogP) is 3.85. The fraction of sp³-hybridized carbons (Fsp3) is 0.360. The van der Waals surface area contributed by atoms with Crippen molar-refractivity contribution >= 4 is 29.5 Å². The average Bonchev–Trinajstić information content (AvgIpc) is 2.83. The zero-order valence-corrected chi connectivity index (χ0v) is 20.1. The van der Waals surface area contributed by atoms with Gasteiger partial charge in [0.15, 0.2) is 0 Å². The largest absolute Gasteiger partial charge is 0.492 e. The fourth-order valence-electron chi connectivity index (χ4n) is 3.24. The van der Waals surface area contributed by atoms with Gasteiger partial charge in [0.2, 0.25) is 17.8 Å². The van der Waals surface area contributed by atoms with Crippen LogP contribution in [0.4, 0.5) is 23.5 Å². The van der Waals surface area contributed by atoms with Gasteiger partial charge in [-0.25, -0.2) is 0 Å². The molecule has 0 aliphatic carbocycles. The Hall–Kier alpha value is -3.88. The lowest BCUT2D eigenvalue weighted by Gasteiger charge is -2.20. The van der Waals surface area contributed by atoms with Gasteiger partial charge in [-0.3, -0.25) is 4.79 Å². The van der Waals surface area contributed by atoms with E-state index in [1.165, 1.54) is 0 Å². The molecule has 34 heavy (non-hydrogen) atoms. The predicted molar refractivity (Wildman–Crippen MR) is 134 cm³/mol. The van der Waals surface area contributed by atoms with Gasteiger partial charge in [0.1, 0.15) is 12.4 Å². The number of ether oxygens (including phenoxy) is 1. The first-order chi connectivity index (χ1) is 16.4. The molecule has 0 bridgehead atoms. The second-order valence-corrected chi connectivity index (χ2v) is 8.21. The number of anilines is 4. The van der Waals surface area contributed by atoms with E-state index in [1.54, 1.807) is 0 Å². The van der Waals surface area contributed by atoms with Crippen molar-refractivity contribution in [3.8, 4) is 5.75 Å². The van der Waals surface area contributed by atoms with Crippen LogP contribution in [0.5, 0.6) is 5.75 Å². The number of carboxylic acids is 1. The maximum atomic E-state index is 11.2. The van der Waals surface area contributed by atoms with Crippen molar-refractivity contribution in [2.45, 2.75) is 19.8 Å². The summed E-state index contributed by atoms with van der Waals surface area (Å²) in [5, 5.41) is 12.5. The van der Waals surface area contributed by atoms with E-state index in [-0.39, 0.29) is 5.92 Å². The van der Waals surface area contributed by atoms with Crippen LogP contribution in [0.2, 0.25) is 0 Å². The molecule has 0 radical (unpaired) electrons. The number of carbonyl (C=O) groups is 1. The van der Waals surface area contributed by atoms with Gasteiger partial charge in [0.25, 0.3) is 0 Å². The number of aromatic nitrogens is 3. The number of hydrogen-bond acceptors (Lipinski definition) is 8. The van der Waals surface area contributed by atoms with Crippen LogP contribution in [-0.2, 0) is 11.2 Å². The number of nitrogens with zero attached hydrogens (tertiary/aromatic N) is 5. The van der Waals surface area contributed by atoms with Crippen LogP contribution < -0.4 is 19.9 Å². The molecule has 9 heteroatoms. The minimum absolute atomic E-state index is 0.367. The lowest BCUT2D eigenvalue weighted by atomic mass is 9.97. The number of likely N-dealkylation sites (N-methyl/N-ethyl adjacent to an activating group) is 1. The Bertz CT molecular complexity index is 1060. The second kappa shape index (κ2) is 11.8. The Balaban J connectivity index is 1.59. The van der Waals surface area contributed by atoms with Gasteiger partial charge in [-0.1, -0.05) is 37.3 Å². The first-order valence-electron chi connectivity index (χ1n) is 11.3. The minimum atomic E-state index is -0.760. The highest BCUT2D eigenvalue weighted by Crippen LogP contribution is 2.19. The molecule has 1 heterocycles. The molecule has 1 unspecified atom stereocenters. The number of hydrogen-bond donors (Lipinski definition) is 2. The summed E-state index contributed by atoms with van der Waals surface area (Å²) in [6.45, 7) is 2.90. The van der Waals surface area contributed by atoms with E-state index < -0.39 is 5.97 Å². The summed E-state index contributed by atoms with van der Waals surface area (Å²) < 4.78 is 5.88. The smallest absolute Gasteiger partial charge is 0.306 e. The molecule has 1 aromatic heterocycles. The van der Waals surface area contributed by atoms with Gasteiger partial charge < -0.3 is 25.0 Å². The van der Waals surface area contributed by atoms with Crippen LogP contribution in [-0.4, -0.2) is 60.3 Å². The number of carboxylic acid groups (broad SMARTS) is 1. The van der Waals surface area contributed by atoms with Crippen molar-refractivity contribution in [2.75, 3.05) is 49.4 Å². The summed E-state index contributed by atoms with van der Waals surface area (Å²) in [5.74, 6) is 1.17. The standard InChI is InChI=1S/C25H32N6O3/c1-5-19(22(32)33)17-18-11-13-21(14-12-18)34-16-15-31(4)25-28-23(27-24(29-25)30(2)3)26-20-9-7-6-8-10-20/h6-14,19H,5,15-17H2,1-4H3,(H,32,33)(H,26,27,28,29). The number of benzene rings is 2. The number of rotatable bonds is 12. The number of aliphatic carboxylic acids is 1. The van der Waals surface area contributed by atoms with Crippen molar-refractivity contribution in [3.05, 3.63) is 60.2 Å². The van der Waals surface area contributed by atoms with E-state index in [0.717, 1.165) is 17.0 Å². The van der Waals surface area contributed by atoms with Crippen molar-refractivity contribution in [2.24, 2.45) is 5.92 Å². The molecule has 1 atom stereocenters. The molecular formula is C25H32N6O3. The molecule has 2 aromatic carbocycles. The topological polar surface area (TPSA) is 104 Å². The van der Waals surface area contributed by atoms with Crippen molar-refractivity contribution < 1.29 is 14.6 Å². The van der Waals surface area contributed by atoms with Crippen molar-refractivity contribution in [1.82, 2.24) is 15.0 Å². The highest BCUT2D eigenvalue weighted by molar-refractivity contribution is 5.70. The van der Waals surface area contributed by atoms with E-state index in [1.807, 2.05) is 92.5 Å². The number of para-hydroxylation sites is 1. The molecule has 2 N–H and O–H groups in total. The van der Waals surface area contributed by atoms with E-state index in [0.29, 0.717) is 43.8 Å². The third-order valence-electron chi connectivity index (χ3n) is 5.33. The molecule has 0 saturated carbocycles. The molecule has 0 saturated heterocycles. The third-order valence-corrected chi connectivity index (χ3v) is 5.33. The molecule has 180 valence electrons. The van der Waals surface area contributed by atoms with E-state index in [9.17, 15) is 9.90 Å². The van der Waals surface area contributed by atoms with Gasteiger partial charge in [-0.15, -0.1) is 0 Å². The lowest BCUT2D eigenvalue weighted by Crippen LogP contribution is -2.27. The second-order valence-electron chi connectivity index (χ2n) is 8.21. The summed E-state index contributed by atoms with van der Waals surface area (Å²) in [6, 6.07) is 17.3. The Morgan fingerprint density at radius 2 is 1.68 bits per heavy atom. The van der Waals surface area contributed by atoms with Crippen molar-refractivity contribution in [3.63, 3.8) is 0 Å². The molecular weight excluding hydrogens is 432 g/mol. The Labute approximate surface area is 200 Å². The maximum Gasteiger partial charge on any atom is 0.306 e. The van der Waals surface area contributed by atoms with Crippen LogP contribution in [0, 0.1) is 5.92 Å². The van der Waals surface area contributed by atoms with Crippen LogP contribution in [0.3, 0.4) is 0 Å². The molecule has 0 spiro atoms. The zero-order chi connectivity index (χ0) is 24.5. The van der Waals surface area contributed by atoms with Crippen LogP contribution in [0.25, 0.3) is 0 Å². The van der Waals surface area contributed by atoms with E-state index >= 15 is 0 Å². The van der Waals surface area contributed by atoms with E-state index in [2.05, 4.69) is 20.3 Å². The Morgan fingerprint density at radius 3 is 2.29 bits per heavy atom. The SMILES string of the molecule is CCC(Cc1ccc(OCCN(C)c2nc(Nc3ccccc3)nc(N(C)C)n2)cc1)C(=O)O. The summed E-state index contributed by atoms with van der Waals surface area (Å²) in [4.78, 5) is 28.6. The molecule has 0 aliphatic rings. The van der Waals surface area contributed by atoms with Crippen LogP contribution in [0.1, 0.15) is 18.9 Å². The first-order valence-corrected chi connectivity index (χ1v) is 11.3. The Kier molecular flexibility index (Phi) is 8.61. The van der Waals surface area contributed by atoms with Gasteiger partial charge in [0.05, 0.1) is 12.5 Å². The molecule has 0 amide bonds. The third kappa shape index (κ3) is 7.06. The number of nitrogens with one attached hydrogen (secondary N) is 1. The Morgan fingerprint density at radius 1 is 1.00 bits per heavy atom.